The number of hydrogen-bond donors (Lipinski definition) is 1. The summed E-state index contributed by atoms with van der Waals surface area (Å²) in [7, 11) is 0. The van der Waals surface area contributed by atoms with E-state index in [1.807, 2.05) is 12.1 Å². The van der Waals surface area contributed by atoms with E-state index in [2.05, 4.69) is 30.1 Å². The fourth-order valence-corrected chi connectivity index (χ4v) is 2.26. The Labute approximate surface area is 96.2 Å². The van der Waals surface area contributed by atoms with Gasteiger partial charge >= 0.3 is 0 Å². The topological polar surface area (TPSA) is 15.3 Å². The summed E-state index contributed by atoms with van der Waals surface area (Å²) in [6.45, 7) is 6.51. The van der Waals surface area contributed by atoms with Gasteiger partial charge in [-0.05, 0) is 25.5 Å². The van der Waals surface area contributed by atoms with Gasteiger partial charge in [0.1, 0.15) is 0 Å². The van der Waals surface area contributed by atoms with Crippen LogP contribution < -0.4 is 10.2 Å². The lowest BCUT2D eigenvalue weighted by Crippen LogP contribution is -2.40. The minimum atomic E-state index is 0.573. The summed E-state index contributed by atoms with van der Waals surface area (Å²) >= 11 is 6.17. The maximum Gasteiger partial charge on any atom is 0.0768 e. The van der Waals surface area contributed by atoms with Crippen molar-refractivity contribution in [3.8, 4) is 0 Å². The summed E-state index contributed by atoms with van der Waals surface area (Å²) in [5, 5.41) is 4.19. The Morgan fingerprint density at radius 1 is 1.53 bits per heavy atom. The van der Waals surface area contributed by atoms with Crippen LogP contribution in [0.4, 0.5) is 11.4 Å². The van der Waals surface area contributed by atoms with E-state index in [0.717, 1.165) is 30.2 Å². The van der Waals surface area contributed by atoms with Crippen LogP contribution in [-0.2, 0) is 0 Å². The highest BCUT2D eigenvalue weighted by atomic mass is 35.5. The minimum Gasteiger partial charge on any atom is -0.380 e. The van der Waals surface area contributed by atoms with E-state index >= 15 is 0 Å². The van der Waals surface area contributed by atoms with Crippen LogP contribution in [0.25, 0.3) is 0 Å². The summed E-state index contributed by atoms with van der Waals surface area (Å²) in [6.07, 6.45) is 1.16. The molecule has 0 saturated heterocycles. The van der Waals surface area contributed by atoms with Crippen LogP contribution >= 0.6 is 11.6 Å². The van der Waals surface area contributed by atoms with Gasteiger partial charge in [-0.2, -0.15) is 0 Å². The molecule has 1 N–H and O–H groups in total. The second-order valence-corrected chi connectivity index (χ2v) is 4.42. The molecule has 15 heavy (non-hydrogen) atoms. The molecule has 1 heterocycles. The van der Waals surface area contributed by atoms with Crippen molar-refractivity contribution in [1.29, 1.82) is 0 Å². The Balaban J connectivity index is 2.38. The second kappa shape index (κ2) is 4.31. The first-order chi connectivity index (χ1) is 7.24. The van der Waals surface area contributed by atoms with Crippen molar-refractivity contribution in [3.63, 3.8) is 0 Å². The van der Waals surface area contributed by atoms with Gasteiger partial charge in [0.15, 0.2) is 0 Å². The first kappa shape index (κ1) is 10.6. The van der Waals surface area contributed by atoms with E-state index in [4.69, 9.17) is 11.6 Å². The number of hydrogen-bond acceptors (Lipinski definition) is 2. The molecule has 82 valence electrons. The maximum absolute atomic E-state index is 6.17. The zero-order chi connectivity index (χ0) is 10.8. The highest BCUT2D eigenvalue weighted by molar-refractivity contribution is 6.34. The smallest absolute Gasteiger partial charge is 0.0768 e. The van der Waals surface area contributed by atoms with Crippen LogP contribution in [0.3, 0.4) is 0 Å². The number of fused-ring (bicyclic) bond motifs is 1. The van der Waals surface area contributed by atoms with Gasteiger partial charge in [0.2, 0.25) is 0 Å². The molecule has 1 aliphatic heterocycles. The molecule has 0 bridgehead atoms. The van der Waals surface area contributed by atoms with E-state index in [0.29, 0.717) is 6.04 Å². The lowest BCUT2D eigenvalue weighted by molar-refractivity contribution is 0.616. The molecule has 0 aromatic heterocycles. The number of nitrogens with one attached hydrogen (secondary N) is 1. The Hall–Kier alpha value is -0.890. The van der Waals surface area contributed by atoms with Gasteiger partial charge in [0, 0.05) is 19.1 Å². The largest absolute Gasteiger partial charge is 0.380 e. The van der Waals surface area contributed by atoms with Gasteiger partial charge in [0.05, 0.1) is 16.4 Å². The normalized spacial score (nSPS) is 16.9. The molecular formula is C12H17ClN2. The van der Waals surface area contributed by atoms with E-state index in [1.165, 1.54) is 5.69 Å². The Morgan fingerprint density at radius 2 is 2.33 bits per heavy atom. The number of nitrogens with zero attached hydrogens (tertiary/aromatic N) is 1. The van der Waals surface area contributed by atoms with Crippen LogP contribution in [-0.4, -0.2) is 19.1 Å². The minimum absolute atomic E-state index is 0.573. The van der Waals surface area contributed by atoms with Crippen LogP contribution in [0.5, 0.6) is 0 Å². The molecule has 0 radical (unpaired) electrons. The van der Waals surface area contributed by atoms with Crippen molar-refractivity contribution in [1.82, 2.24) is 0 Å². The summed E-state index contributed by atoms with van der Waals surface area (Å²) < 4.78 is 0. The molecule has 1 aromatic carbocycles. The number of anilines is 2. The van der Waals surface area contributed by atoms with Crippen molar-refractivity contribution in [3.05, 3.63) is 23.2 Å². The van der Waals surface area contributed by atoms with Gasteiger partial charge in [-0.15, -0.1) is 0 Å². The highest BCUT2D eigenvalue weighted by Gasteiger charge is 2.21. The summed E-state index contributed by atoms with van der Waals surface area (Å²) in [4.78, 5) is 2.43. The first-order valence-electron chi connectivity index (χ1n) is 5.53. The Morgan fingerprint density at radius 3 is 3.07 bits per heavy atom. The van der Waals surface area contributed by atoms with Gasteiger partial charge in [0.25, 0.3) is 0 Å². The summed E-state index contributed by atoms with van der Waals surface area (Å²) in [5.41, 5.74) is 2.33. The molecule has 1 unspecified atom stereocenters. The number of benzene rings is 1. The fraction of sp³-hybridized carbons (Fsp3) is 0.500. The van der Waals surface area contributed by atoms with Gasteiger partial charge in [-0.3, -0.25) is 0 Å². The average Bonchev–Trinajstić information content (AvgIpc) is 2.28. The van der Waals surface area contributed by atoms with Gasteiger partial charge < -0.3 is 10.2 Å². The average molecular weight is 225 g/mol. The van der Waals surface area contributed by atoms with E-state index in [-0.39, 0.29) is 0 Å². The third-order valence-electron chi connectivity index (χ3n) is 3.08. The highest BCUT2D eigenvalue weighted by Crippen LogP contribution is 2.36. The lowest BCUT2D eigenvalue weighted by Gasteiger charge is -2.36. The Kier molecular flexibility index (Phi) is 3.06. The van der Waals surface area contributed by atoms with Crippen molar-refractivity contribution in [2.75, 3.05) is 23.3 Å². The van der Waals surface area contributed by atoms with Crippen molar-refractivity contribution in [2.45, 2.75) is 26.3 Å². The van der Waals surface area contributed by atoms with Crippen LogP contribution in [0, 0.1) is 0 Å². The molecular weight excluding hydrogens is 208 g/mol. The Bertz CT molecular complexity index is 351. The van der Waals surface area contributed by atoms with Gasteiger partial charge in [-0.1, -0.05) is 24.6 Å². The molecule has 1 aromatic rings. The molecule has 0 spiro atoms. The zero-order valence-electron chi connectivity index (χ0n) is 9.26. The fourth-order valence-electron chi connectivity index (χ4n) is 2.03. The number of para-hydroxylation sites is 1. The maximum atomic E-state index is 6.17. The molecule has 3 heteroatoms. The number of rotatable bonds is 2. The SMILES string of the molecule is CCC(C)N1CCNc2c(Cl)cccc21. The van der Waals surface area contributed by atoms with Crippen LogP contribution in [0.15, 0.2) is 18.2 Å². The molecule has 0 aliphatic carbocycles. The van der Waals surface area contributed by atoms with Gasteiger partial charge in [-0.25, -0.2) is 0 Å². The second-order valence-electron chi connectivity index (χ2n) is 4.01. The molecule has 1 atom stereocenters. The molecule has 0 saturated carbocycles. The van der Waals surface area contributed by atoms with Crippen molar-refractivity contribution < 1.29 is 0 Å². The molecule has 0 amide bonds. The first-order valence-corrected chi connectivity index (χ1v) is 5.91. The van der Waals surface area contributed by atoms with E-state index < -0.39 is 0 Å². The van der Waals surface area contributed by atoms with E-state index in [1.54, 1.807) is 0 Å². The quantitative estimate of drug-likeness (QED) is 0.829. The van der Waals surface area contributed by atoms with Crippen LogP contribution in [0.2, 0.25) is 5.02 Å². The van der Waals surface area contributed by atoms with E-state index in [9.17, 15) is 0 Å². The predicted octanol–water partition coefficient (Wildman–Crippen LogP) is 3.37. The third kappa shape index (κ3) is 1.91. The standard InChI is InChI=1S/C12H17ClN2/c1-3-9(2)15-8-7-14-12-10(13)5-4-6-11(12)15/h4-6,9,14H,3,7-8H2,1-2H3. The lowest BCUT2D eigenvalue weighted by atomic mass is 10.1. The van der Waals surface area contributed by atoms with Crippen LogP contribution in [0.1, 0.15) is 20.3 Å². The van der Waals surface area contributed by atoms with Crippen molar-refractivity contribution in [2.24, 2.45) is 0 Å². The molecule has 2 nitrogen and oxygen atoms in total. The number of halogens is 1. The summed E-state index contributed by atoms with van der Waals surface area (Å²) in [5.74, 6) is 0. The molecule has 1 aliphatic rings. The molecule has 2 rings (SSSR count). The monoisotopic (exact) mass is 224 g/mol. The van der Waals surface area contributed by atoms with Crippen molar-refractivity contribution >= 4 is 23.0 Å². The summed E-state index contributed by atoms with van der Waals surface area (Å²) in [6, 6.07) is 6.67. The predicted molar refractivity (Wildman–Crippen MR) is 67.0 cm³/mol. The zero-order valence-corrected chi connectivity index (χ0v) is 10.0. The molecule has 0 fully saturated rings. The third-order valence-corrected chi connectivity index (χ3v) is 3.39.